The molecule has 0 saturated heterocycles. The molecule has 0 amide bonds. The molecule has 0 N–H and O–H groups in total. The molecule has 0 radical (unpaired) electrons. The number of rotatable bonds is 4. The summed E-state index contributed by atoms with van der Waals surface area (Å²) in [5.74, 6) is 0.109. The van der Waals surface area contributed by atoms with E-state index in [9.17, 15) is 8.42 Å². The minimum Gasteiger partial charge on any atom is -0.444 e. The minimum atomic E-state index is -3.61. The monoisotopic (exact) mass is 318 g/mol. The lowest BCUT2D eigenvalue weighted by Gasteiger charge is -2.00. The predicted molar refractivity (Wildman–Crippen MR) is 78.6 cm³/mol. The largest absolute Gasteiger partial charge is 0.444 e. The summed E-state index contributed by atoms with van der Waals surface area (Å²) < 4.78 is 31.3. The van der Waals surface area contributed by atoms with Gasteiger partial charge in [0.05, 0.1) is 5.69 Å². The van der Waals surface area contributed by atoms with Crippen LogP contribution in [0.5, 0.6) is 0 Å². The summed E-state index contributed by atoms with van der Waals surface area (Å²) in [7, 11) is -2.03. The van der Waals surface area contributed by atoms with Gasteiger partial charge in [0.25, 0.3) is 0 Å². The van der Waals surface area contributed by atoms with Crippen molar-refractivity contribution >= 4 is 9.84 Å². The van der Waals surface area contributed by atoms with E-state index in [1.165, 1.54) is 17.2 Å². The van der Waals surface area contributed by atoms with Gasteiger partial charge in [-0.25, -0.2) is 13.4 Å². The van der Waals surface area contributed by atoms with Crippen LogP contribution in [-0.4, -0.2) is 28.2 Å². The van der Waals surface area contributed by atoms with E-state index < -0.39 is 9.84 Å². The lowest BCUT2D eigenvalue weighted by Crippen LogP contribution is -2.11. The maximum absolute atomic E-state index is 12.3. The third-order valence-electron chi connectivity index (χ3n) is 3.14. The summed E-state index contributed by atoms with van der Waals surface area (Å²) in [5, 5.41) is 7.12. The van der Waals surface area contributed by atoms with E-state index >= 15 is 0 Å². The first kappa shape index (κ1) is 14.5. The Morgan fingerprint density at radius 2 is 1.95 bits per heavy atom. The van der Waals surface area contributed by atoms with E-state index in [2.05, 4.69) is 15.2 Å². The summed E-state index contributed by atoms with van der Waals surface area (Å²) in [4.78, 5) is 4.23. The third-order valence-corrected chi connectivity index (χ3v) is 4.74. The highest BCUT2D eigenvalue weighted by Crippen LogP contribution is 2.21. The SMILES string of the molecule is Cc1ccc(-c2nc(CS(=O)(=O)c3nncn3C)co2)cc1. The molecule has 0 aliphatic rings. The van der Waals surface area contributed by atoms with Gasteiger partial charge in [-0.2, -0.15) is 0 Å². The Balaban J connectivity index is 1.86. The first-order valence-electron chi connectivity index (χ1n) is 6.54. The van der Waals surface area contributed by atoms with Crippen LogP contribution in [0.15, 0.2) is 46.4 Å². The maximum atomic E-state index is 12.3. The Bertz CT molecular complexity index is 894. The first-order chi connectivity index (χ1) is 10.5. The van der Waals surface area contributed by atoms with Gasteiger partial charge in [0.1, 0.15) is 18.3 Å². The standard InChI is InChI=1S/C14H14N4O3S/c1-10-3-5-11(6-4-10)13-16-12(7-21-13)8-22(19,20)14-17-15-9-18(14)2/h3-7,9H,8H2,1-2H3. The zero-order chi connectivity index (χ0) is 15.7. The van der Waals surface area contributed by atoms with Crippen LogP contribution in [0.25, 0.3) is 11.5 Å². The van der Waals surface area contributed by atoms with Crippen molar-refractivity contribution in [3.63, 3.8) is 0 Å². The zero-order valence-corrected chi connectivity index (χ0v) is 12.9. The van der Waals surface area contributed by atoms with Crippen molar-refractivity contribution < 1.29 is 12.8 Å². The quantitative estimate of drug-likeness (QED) is 0.728. The molecule has 3 aromatic rings. The molecular formula is C14H14N4O3S. The Labute approximate surface area is 127 Å². The molecule has 0 aliphatic carbocycles. The number of oxazole rings is 1. The van der Waals surface area contributed by atoms with Crippen molar-refractivity contribution in [2.45, 2.75) is 17.8 Å². The summed E-state index contributed by atoms with van der Waals surface area (Å²) in [6, 6.07) is 7.63. The van der Waals surface area contributed by atoms with E-state index in [0.717, 1.165) is 11.1 Å². The highest BCUT2D eigenvalue weighted by atomic mass is 32.2. The highest BCUT2D eigenvalue weighted by molar-refractivity contribution is 7.90. The van der Waals surface area contributed by atoms with E-state index in [-0.39, 0.29) is 10.9 Å². The first-order valence-corrected chi connectivity index (χ1v) is 8.19. The highest BCUT2D eigenvalue weighted by Gasteiger charge is 2.23. The van der Waals surface area contributed by atoms with Crippen LogP contribution in [0.1, 0.15) is 11.3 Å². The Hall–Kier alpha value is -2.48. The molecule has 0 saturated carbocycles. The van der Waals surface area contributed by atoms with Gasteiger partial charge in [-0.1, -0.05) is 17.7 Å². The Morgan fingerprint density at radius 1 is 1.23 bits per heavy atom. The molecule has 0 bridgehead atoms. The Morgan fingerprint density at radius 3 is 2.59 bits per heavy atom. The third kappa shape index (κ3) is 2.77. The second kappa shape index (κ2) is 5.38. The molecule has 0 fully saturated rings. The van der Waals surface area contributed by atoms with Crippen LogP contribution in [-0.2, 0) is 22.6 Å². The molecule has 114 valence electrons. The smallest absolute Gasteiger partial charge is 0.249 e. The van der Waals surface area contributed by atoms with Crippen molar-refractivity contribution in [2.24, 2.45) is 7.05 Å². The average Bonchev–Trinajstić information content (AvgIpc) is 3.08. The van der Waals surface area contributed by atoms with Crippen LogP contribution in [0.4, 0.5) is 0 Å². The number of aromatic nitrogens is 4. The van der Waals surface area contributed by atoms with Gasteiger partial charge in [0.2, 0.25) is 20.9 Å². The van der Waals surface area contributed by atoms with Gasteiger partial charge < -0.3 is 8.98 Å². The van der Waals surface area contributed by atoms with E-state index in [4.69, 9.17) is 4.42 Å². The van der Waals surface area contributed by atoms with Crippen LogP contribution in [0, 0.1) is 6.92 Å². The molecule has 0 unspecified atom stereocenters. The normalized spacial score (nSPS) is 11.7. The molecule has 0 spiro atoms. The number of hydrogen-bond donors (Lipinski definition) is 0. The number of hydrogen-bond acceptors (Lipinski definition) is 6. The molecule has 3 rings (SSSR count). The maximum Gasteiger partial charge on any atom is 0.249 e. The molecule has 22 heavy (non-hydrogen) atoms. The van der Waals surface area contributed by atoms with Crippen molar-refractivity contribution in [3.05, 3.63) is 48.1 Å². The van der Waals surface area contributed by atoms with Crippen molar-refractivity contribution in [3.8, 4) is 11.5 Å². The fourth-order valence-electron chi connectivity index (χ4n) is 2.02. The minimum absolute atomic E-state index is 0.0904. The van der Waals surface area contributed by atoms with E-state index in [0.29, 0.717) is 11.6 Å². The average molecular weight is 318 g/mol. The molecule has 0 aliphatic heterocycles. The molecule has 8 heteroatoms. The molecule has 0 atom stereocenters. The van der Waals surface area contributed by atoms with Crippen molar-refractivity contribution in [2.75, 3.05) is 0 Å². The molecule has 2 aromatic heterocycles. The zero-order valence-electron chi connectivity index (χ0n) is 12.1. The predicted octanol–water partition coefficient (Wildman–Crippen LogP) is 1.75. The topological polar surface area (TPSA) is 90.9 Å². The van der Waals surface area contributed by atoms with Crippen LogP contribution < -0.4 is 0 Å². The van der Waals surface area contributed by atoms with E-state index in [1.807, 2.05) is 31.2 Å². The number of aryl methyl sites for hydroxylation is 2. The number of benzene rings is 1. The van der Waals surface area contributed by atoms with Gasteiger partial charge in [-0.15, -0.1) is 10.2 Å². The van der Waals surface area contributed by atoms with Gasteiger partial charge in [-0.05, 0) is 19.1 Å². The summed E-state index contributed by atoms with van der Waals surface area (Å²) in [6.07, 6.45) is 2.69. The van der Waals surface area contributed by atoms with Gasteiger partial charge in [0, 0.05) is 12.6 Å². The van der Waals surface area contributed by atoms with Crippen LogP contribution in [0.2, 0.25) is 0 Å². The summed E-state index contributed by atoms with van der Waals surface area (Å²) in [6.45, 7) is 1.98. The summed E-state index contributed by atoms with van der Waals surface area (Å²) >= 11 is 0. The van der Waals surface area contributed by atoms with Crippen LogP contribution in [0.3, 0.4) is 0 Å². The summed E-state index contributed by atoms with van der Waals surface area (Å²) in [5.41, 5.74) is 2.26. The lowest BCUT2D eigenvalue weighted by molar-refractivity contribution is 0.568. The second-order valence-corrected chi connectivity index (χ2v) is 6.88. The molecular weight excluding hydrogens is 304 g/mol. The fraction of sp³-hybridized carbons (Fsp3) is 0.214. The van der Waals surface area contributed by atoms with Crippen molar-refractivity contribution in [1.82, 2.24) is 19.7 Å². The molecule has 1 aromatic carbocycles. The lowest BCUT2D eigenvalue weighted by atomic mass is 10.1. The van der Waals surface area contributed by atoms with E-state index in [1.54, 1.807) is 7.05 Å². The number of sulfone groups is 1. The van der Waals surface area contributed by atoms with Crippen LogP contribution >= 0.6 is 0 Å². The van der Waals surface area contributed by atoms with Gasteiger partial charge >= 0.3 is 0 Å². The molecule has 2 heterocycles. The van der Waals surface area contributed by atoms with Gasteiger partial charge in [-0.3, -0.25) is 0 Å². The van der Waals surface area contributed by atoms with Crippen molar-refractivity contribution in [1.29, 1.82) is 0 Å². The number of nitrogens with zero attached hydrogens (tertiary/aromatic N) is 4. The van der Waals surface area contributed by atoms with Gasteiger partial charge in [0.15, 0.2) is 0 Å². The molecule has 7 nitrogen and oxygen atoms in total. The second-order valence-electron chi connectivity index (χ2n) is 4.99. The fourth-order valence-corrected chi connectivity index (χ4v) is 3.32. The Kier molecular flexibility index (Phi) is 3.53.